The number of nitrogens with one attached hydrogen (secondary N) is 2. The number of hydrogen-bond acceptors (Lipinski definition) is 5. The van der Waals surface area contributed by atoms with Crippen LogP contribution < -0.4 is 10.6 Å². The van der Waals surface area contributed by atoms with Crippen molar-refractivity contribution in [3.8, 4) is 0 Å². The third-order valence-corrected chi connectivity index (χ3v) is 4.20. The summed E-state index contributed by atoms with van der Waals surface area (Å²) >= 11 is 6.07. The lowest BCUT2D eigenvalue weighted by Gasteiger charge is -2.08. The molecular formula is C20H17ClN4O2. The van der Waals surface area contributed by atoms with Gasteiger partial charge >= 0.3 is 0 Å². The van der Waals surface area contributed by atoms with Crippen LogP contribution in [0.4, 0.5) is 11.5 Å². The second kappa shape index (κ2) is 8.42. The van der Waals surface area contributed by atoms with Gasteiger partial charge in [-0.3, -0.25) is 9.59 Å². The van der Waals surface area contributed by atoms with E-state index in [1.807, 2.05) is 24.3 Å². The van der Waals surface area contributed by atoms with Crippen LogP contribution in [-0.2, 0) is 6.54 Å². The first-order valence-electron chi connectivity index (χ1n) is 8.26. The molecule has 27 heavy (non-hydrogen) atoms. The Bertz CT molecular complexity index is 974. The third-order valence-electron chi connectivity index (χ3n) is 3.84. The highest BCUT2D eigenvalue weighted by Gasteiger charge is 2.09. The molecule has 3 rings (SSSR count). The van der Waals surface area contributed by atoms with Crippen molar-refractivity contribution in [3.63, 3.8) is 0 Å². The minimum absolute atomic E-state index is 0.0183. The van der Waals surface area contributed by atoms with Crippen LogP contribution in [0.2, 0.25) is 5.02 Å². The molecule has 0 saturated heterocycles. The lowest BCUT2D eigenvalue weighted by Crippen LogP contribution is -2.24. The van der Waals surface area contributed by atoms with E-state index in [0.717, 1.165) is 5.56 Å². The van der Waals surface area contributed by atoms with Gasteiger partial charge in [0.05, 0.1) is 0 Å². The van der Waals surface area contributed by atoms with Gasteiger partial charge in [-0.25, -0.2) is 0 Å². The molecule has 7 heteroatoms. The van der Waals surface area contributed by atoms with Crippen molar-refractivity contribution < 1.29 is 9.59 Å². The summed E-state index contributed by atoms with van der Waals surface area (Å²) in [6, 6.07) is 17.6. The summed E-state index contributed by atoms with van der Waals surface area (Å²) in [6.07, 6.45) is 0. The van der Waals surface area contributed by atoms with Gasteiger partial charge < -0.3 is 10.6 Å². The Morgan fingerprint density at radius 3 is 2.52 bits per heavy atom. The Morgan fingerprint density at radius 1 is 1.00 bits per heavy atom. The first-order valence-corrected chi connectivity index (χ1v) is 8.64. The fourth-order valence-electron chi connectivity index (χ4n) is 2.39. The molecule has 6 nitrogen and oxygen atoms in total. The number of benzene rings is 2. The van der Waals surface area contributed by atoms with Crippen molar-refractivity contribution in [2.75, 3.05) is 5.32 Å². The molecule has 0 aliphatic rings. The number of anilines is 2. The van der Waals surface area contributed by atoms with Gasteiger partial charge in [0.2, 0.25) is 0 Å². The fourth-order valence-corrected chi connectivity index (χ4v) is 2.59. The summed E-state index contributed by atoms with van der Waals surface area (Å²) in [5, 5.41) is 14.4. The number of halogens is 1. The largest absolute Gasteiger partial charge is 0.347 e. The summed E-state index contributed by atoms with van der Waals surface area (Å²) in [7, 11) is 0. The molecule has 0 atom stereocenters. The molecular weight excluding hydrogens is 364 g/mol. The molecule has 1 amide bonds. The Kier molecular flexibility index (Phi) is 5.78. The first-order chi connectivity index (χ1) is 13.0. The fraction of sp³-hybridized carbons (Fsp3) is 0.100. The second-order valence-corrected chi connectivity index (χ2v) is 6.25. The minimum atomic E-state index is -0.340. The number of rotatable bonds is 6. The summed E-state index contributed by atoms with van der Waals surface area (Å²) in [5.74, 6) is 0.112. The van der Waals surface area contributed by atoms with Crippen LogP contribution in [0.15, 0.2) is 60.7 Å². The molecule has 2 aromatic carbocycles. The summed E-state index contributed by atoms with van der Waals surface area (Å²) in [5.41, 5.74) is 2.34. The van der Waals surface area contributed by atoms with Crippen LogP contribution in [0.5, 0.6) is 0 Å². The molecule has 0 bridgehead atoms. The Morgan fingerprint density at radius 2 is 1.81 bits per heavy atom. The number of carbonyl (C=O) groups excluding carboxylic acids is 2. The van der Waals surface area contributed by atoms with Crippen molar-refractivity contribution in [2.24, 2.45) is 0 Å². The van der Waals surface area contributed by atoms with Crippen LogP contribution in [0.25, 0.3) is 0 Å². The van der Waals surface area contributed by atoms with Crippen LogP contribution >= 0.6 is 11.6 Å². The van der Waals surface area contributed by atoms with Crippen molar-refractivity contribution in [3.05, 3.63) is 82.5 Å². The van der Waals surface area contributed by atoms with Crippen molar-refractivity contribution in [2.45, 2.75) is 13.5 Å². The first kappa shape index (κ1) is 18.5. The smallest absolute Gasteiger partial charge is 0.272 e. The average Bonchev–Trinajstić information content (AvgIpc) is 2.68. The van der Waals surface area contributed by atoms with E-state index in [1.165, 1.54) is 6.92 Å². The Labute approximate surface area is 161 Å². The van der Waals surface area contributed by atoms with Crippen molar-refractivity contribution >= 4 is 34.8 Å². The number of aromatic nitrogens is 2. The molecule has 1 heterocycles. The van der Waals surface area contributed by atoms with E-state index in [2.05, 4.69) is 20.8 Å². The molecule has 0 fully saturated rings. The molecule has 0 aliphatic heterocycles. The Hall–Kier alpha value is -3.25. The molecule has 1 aromatic heterocycles. The zero-order valence-corrected chi connectivity index (χ0v) is 15.3. The maximum absolute atomic E-state index is 12.2. The van der Waals surface area contributed by atoms with E-state index < -0.39 is 0 Å². The molecule has 2 N–H and O–H groups in total. The molecule has 136 valence electrons. The van der Waals surface area contributed by atoms with Gasteiger partial charge in [-0.1, -0.05) is 41.9 Å². The molecule has 3 aromatic rings. The van der Waals surface area contributed by atoms with E-state index in [0.29, 0.717) is 28.6 Å². The van der Waals surface area contributed by atoms with Gasteiger partial charge in [0.1, 0.15) is 0 Å². The SMILES string of the molecule is CC(=O)c1cccc(Nc2ccc(C(=O)NCc3ccccc3Cl)nn2)c1. The van der Waals surface area contributed by atoms with E-state index in [-0.39, 0.29) is 17.4 Å². The number of ketones is 1. The summed E-state index contributed by atoms with van der Waals surface area (Å²) < 4.78 is 0. The normalized spacial score (nSPS) is 10.3. The highest BCUT2D eigenvalue weighted by molar-refractivity contribution is 6.31. The van der Waals surface area contributed by atoms with Gasteiger partial charge in [0.15, 0.2) is 17.3 Å². The van der Waals surface area contributed by atoms with Gasteiger partial charge in [-0.2, -0.15) is 0 Å². The van der Waals surface area contributed by atoms with Gasteiger partial charge in [-0.05, 0) is 42.8 Å². The highest BCUT2D eigenvalue weighted by atomic mass is 35.5. The predicted octanol–water partition coefficient (Wildman–Crippen LogP) is 4.01. The monoisotopic (exact) mass is 380 g/mol. The summed E-state index contributed by atoms with van der Waals surface area (Å²) in [6.45, 7) is 1.81. The van der Waals surface area contributed by atoms with Gasteiger partial charge in [0, 0.05) is 22.8 Å². The van der Waals surface area contributed by atoms with E-state index in [9.17, 15) is 9.59 Å². The number of amides is 1. The zero-order chi connectivity index (χ0) is 19.2. The number of carbonyl (C=O) groups is 2. The van der Waals surface area contributed by atoms with Gasteiger partial charge in [-0.15, -0.1) is 10.2 Å². The minimum Gasteiger partial charge on any atom is -0.347 e. The number of nitrogens with zero attached hydrogens (tertiary/aromatic N) is 2. The molecule has 0 radical (unpaired) electrons. The van der Waals surface area contributed by atoms with E-state index >= 15 is 0 Å². The second-order valence-electron chi connectivity index (χ2n) is 5.84. The van der Waals surface area contributed by atoms with E-state index in [1.54, 1.807) is 36.4 Å². The van der Waals surface area contributed by atoms with Gasteiger partial charge in [0.25, 0.3) is 5.91 Å². The van der Waals surface area contributed by atoms with Crippen LogP contribution in [0, 0.1) is 0 Å². The quantitative estimate of drug-likeness (QED) is 0.631. The summed E-state index contributed by atoms with van der Waals surface area (Å²) in [4.78, 5) is 23.7. The van der Waals surface area contributed by atoms with Crippen LogP contribution in [-0.4, -0.2) is 21.9 Å². The third kappa shape index (κ3) is 4.89. The Balaban J connectivity index is 1.63. The van der Waals surface area contributed by atoms with Crippen LogP contribution in [0.1, 0.15) is 33.3 Å². The standard InChI is InChI=1S/C20H17ClN4O2/c1-13(26)14-6-4-7-16(11-14)23-19-10-9-18(24-25-19)20(27)22-12-15-5-2-3-8-17(15)21/h2-11H,12H2,1H3,(H,22,27)(H,23,25). The highest BCUT2D eigenvalue weighted by Crippen LogP contribution is 2.17. The number of hydrogen-bond donors (Lipinski definition) is 2. The predicted molar refractivity (Wildman–Crippen MR) is 104 cm³/mol. The molecule has 0 spiro atoms. The maximum Gasteiger partial charge on any atom is 0.272 e. The lowest BCUT2D eigenvalue weighted by atomic mass is 10.1. The van der Waals surface area contributed by atoms with Crippen molar-refractivity contribution in [1.29, 1.82) is 0 Å². The molecule has 0 saturated carbocycles. The number of Topliss-reactive ketones (excluding diaryl/α,β-unsaturated/α-hetero) is 1. The zero-order valence-electron chi connectivity index (χ0n) is 14.6. The van der Waals surface area contributed by atoms with Crippen molar-refractivity contribution in [1.82, 2.24) is 15.5 Å². The maximum atomic E-state index is 12.2. The molecule has 0 unspecified atom stereocenters. The van der Waals surface area contributed by atoms with E-state index in [4.69, 9.17) is 11.6 Å². The average molecular weight is 381 g/mol. The molecule has 0 aliphatic carbocycles. The van der Waals surface area contributed by atoms with Crippen LogP contribution in [0.3, 0.4) is 0 Å². The lowest BCUT2D eigenvalue weighted by molar-refractivity contribution is 0.0944. The topological polar surface area (TPSA) is 84.0 Å².